The van der Waals surface area contributed by atoms with Crippen molar-refractivity contribution in [1.82, 2.24) is 10.6 Å². The molecule has 130 valence electrons. The number of hydrogen-bond donors (Lipinski definition) is 3. The molecule has 6 heteroatoms. The van der Waals surface area contributed by atoms with Crippen LogP contribution in [0.2, 0.25) is 0 Å². The van der Waals surface area contributed by atoms with Gasteiger partial charge in [0.05, 0.1) is 12.0 Å². The molecule has 6 nitrogen and oxygen atoms in total. The Morgan fingerprint density at radius 1 is 1.12 bits per heavy atom. The van der Waals surface area contributed by atoms with Gasteiger partial charge in [0.25, 0.3) is 0 Å². The van der Waals surface area contributed by atoms with E-state index in [0.29, 0.717) is 32.3 Å². The van der Waals surface area contributed by atoms with Crippen molar-refractivity contribution in [2.45, 2.75) is 51.1 Å². The fourth-order valence-corrected chi connectivity index (χ4v) is 3.58. The number of amides is 2. The van der Waals surface area contributed by atoms with E-state index < -0.39 is 5.97 Å². The Bertz CT molecular complexity index is 623. The van der Waals surface area contributed by atoms with Crippen molar-refractivity contribution in [2.75, 3.05) is 6.61 Å². The first-order chi connectivity index (χ1) is 11.5. The lowest BCUT2D eigenvalue weighted by Crippen LogP contribution is -2.50. The molecule has 1 unspecified atom stereocenters. The average molecular weight is 332 g/mol. The monoisotopic (exact) mass is 332 g/mol. The van der Waals surface area contributed by atoms with E-state index in [-0.39, 0.29) is 24.0 Å². The van der Waals surface area contributed by atoms with E-state index >= 15 is 0 Å². The van der Waals surface area contributed by atoms with Crippen LogP contribution in [0, 0.1) is 12.8 Å². The Morgan fingerprint density at radius 2 is 1.83 bits per heavy atom. The second-order valence-electron chi connectivity index (χ2n) is 6.78. The minimum Gasteiger partial charge on any atom is -0.491 e. The highest BCUT2D eigenvalue weighted by Gasteiger charge is 2.28. The van der Waals surface area contributed by atoms with Gasteiger partial charge in [-0.3, -0.25) is 4.79 Å². The summed E-state index contributed by atoms with van der Waals surface area (Å²) in [5, 5.41) is 14.9. The lowest BCUT2D eigenvalue weighted by Gasteiger charge is -2.30. The minimum atomic E-state index is -0.730. The first kappa shape index (κ1) is 16.6. The Kier molecular flexibility index (Phi) is 4.92. The first-order valence-corrected chi connectivity index (χ1v) is 8.54. The Morgan fingerprint density at radius 3 is 2.54 bits per heavy atom. The van der Waals surface area contributed by atoms with Crippen molar-refractivity contribution < 1.29 is 19.4 Å². The topological polar surface area (TPSA) is 87.7 Å². The molecule has 0 aromatic heterocycles. The third-order valence-electron chi connectivity index (χ3n) is 4.94. The van der Waals surface area contributed by atoms with Crippen LogP contribution >= 0.6 is 0 Å². The normalized spacial score (nSPS) is 26.0. The van der Waals surface area contributed by atoms with Crippen LogP contribution in [0.4, 0.5) is 4.79 Å². The summed E-state index contributed by atoms with van der Waals surface area (Å²) < 4.78 is 5.79. The number of carbonyl (C=O) groups is 2. The van der Waals surface area contributed by atoms with Gasteiger partial charge in [0.1, 0.15) is 12.4 Å². The van der Waals surface area contributed by atoms with E-state index in [9.17, 15) is 9.59 Å². The summed E-state index contributed by atoms with van der Waals surface area (Å²) in [4.78, 5) is 23.1. The van der Waals surface area contributed by atoms with Gasteiger partial charge < -0.3 is 20.5 Å². The van der Waals surface area contributed by atoms with Gasteiger partial charge >= 0.3 is 12.0 Å². The highest BCUT2D eigenvalue weighted by molar-refractivity contribution is 5.75. The summed E-state index contributed by atoms with van der Waals surface area (Å²) >= 11 is 0. The van der Waals surface area contributed by atoms with Gasteiger partial charge in [0, 0.05) is 6.04 Å². The second-order valence-corrected chi connectivity index (χ2v) is 6.78. The van der Waals surface area contributed by atoms with Gasteiger partial charge in [-0.25, -0.2) is 4.79 Å². The lowest BCUT2D eigenvalue weighted by atomic mass is 9.86. The van der Waals surface area contributed by atoms with Crippen LogP contribution in [0.1, 0.15) is 36.8 Å². The van der Waals surface area contributed by atoms with Crippen LogP contribution in [0.25, 0.3) is 0 Å². The molecule has 1 atom stereocenters. The number of nitrogens with one attached hydrogen (secondary N) is 2. The van der Waals surface area contributed by atoms with Crippen molar-refractivity contribution in [3.63, 3.8) is 0 Å². The van der Waals surface area contributed by atoms with Crippen molar-refractivity contribution in [1.29, 1.82) is 0 Å². The van der Waals surface area contributed by atoms with Crippen molar-refractivity contribution >= 4 is 12.0 Å². The van der Waals surface area contributed by atoms with E-state index in [2.05, 4.69) is 10.6 Å². The zero-order valence-electron chi connectivity index (χ0n) is 13.9. The molecule has 2 amide bonds. The van der Waals surface area contributed by atoms with Crippen molar-refractivity contribution in [2.24, 2.45) is 5.92 Å². The van der Waals surface area contributed by atoms with Gasteiger partial charge in [-0.1, -0.05) is 18.2 Å². The maximum absolute atomic E-state index is 12.2. The van der Waals surface area contributed by atoms with Crippen LogP contribution in [-0.2, 0) is 11.2 Å². The highest BCUT2D eigenvalue weighted by Crippen LogP contribution is 2.28. The average Bonchev–Trinajstić information content (AvgIpc) is 2.55. The van der Waals surface area contributed by atoms with Gasteiger partial charge in [-0.05, 0) is 50.2 Å². The molecular weight excluding hydrogens is 308 g/mol. The van der Waals surface area contributed by atoms with Crippen molar-refractivity contribution in [3.8, 4) is 5.75 Å². The summed E-state index contributed by atoms with van der Waals surface area (Å²) in [6.07, 6.45) is 3.44. The lowest BCUT2D eigenvalue weighted by molar-refractivity contribution is -0.142. The van der Waals surface area contributed by atoms with Gasteiger partial charge in [0.15, 0.2) is 0 Å². The molecule has 1 aromatic carbocycles. The number of ether oxygens (including phenoxy) is 1. The Hall–Kier alpha value is -2.24. The Balaban J connectivity index is 1.47. The number of carboxylic acids is 1. The van der Waals surface area contributed by atoms with Gasteiger partial charge in [-0.15, -0.1) is 0 Å². The number of benzene rings is 1. The van der Waals surface area contributed by atoms with Crippen LogP contribution in [-0.4, -0.2) is 35.8 Å². The molecule has 1 fully saturated rings. The van der Waals surface area contributed by atoms with Gasteiger partial charge in [-0.2, -0.15) is 0 Å². The largest absolute Gasteiger partial charge is 0.491 e. The molecule has 3 N–H and O–H groups in total. The molecule has 2 aliphatic rings. The number of urea groups is 1. The van der Waals surface area contributed by atoms with E-state index in [1.807, 2.05) is 25.1 Å². The number of carboxylic acid groups (broad SMARTS) is 1. The summed E-state index contributed by atoms with van der Waals surface area (Å²) in [5.41, 5.74) is 2.24. The zero-order valence-corrected chi connectivity index (χ0v) is 13.9. The molecule has 24 heavy (non-hydrogen) atoms. The van der Waals surface area contributed by atoms with Gasteiger partial charge in [0.2, 0.25) is 0 Å². The predicted octanol–water partition coefficient (Wildman–Crippen LogP) is 2.24. The summed E-state index contributed by atoms with van der Waals surface area (Å²) in [6, 6.07) is 5.86. The summed E-state index contributed by atoms with van der Waals surface area (Å²) in [6.45, 7) is 2.49. The SMILES string of the molecule is Cc1cccc2c1OCC(NC(=O)NC1CCC(C(=O)O)CC1)C2. The highest BCUT2D eigenvalue weighted by atomic mass is 16.5. The fraction of sp³-hybridized carbons (Fsp3) is 0.556. The molecular formula is C18H24N2O4. The molecule has 1 aliphatic carbocycles. The number of fused-ring (bicyclic) bond motifs is 1. The van der Waals surface area contributed by atoms with Crippen molar-refractivity contribution in [3.05, 3.63) is 29.3 Å². The molecule has 1 heterocycles. The standard InChI is InChI=1S/C18H24N2O4/c1-11-3-2-4-13-9-15(10-24-16(11)13)20-18(23)19-14-7-5-12(6-8-14)17(21)22/h2-4,12,14-15H,5-10H2,1H3,(H,21,22)(H2,19,20,23). The predicted molar refractivity (Wildman–Crippen MR) is 89.2 cm³/mol. The minimum absolute atomic E-state index is 0.0466. The zero-order chi connectivity index (χ0) is 17.1. The quantitative estimate of drug-likeness (QED) is 0.792. The summed E-state index contributed by atoms with van der Waals surface area (Å²) in [5.74, 6) is -0.0632. The first-order valence-electron chi connectivity index (χ1n) is 8.54. The maximum atomic E-state index is 12.2. The number of carbonyl (C=O) groups excluding carboxylic acids is 1. The second kappa shape index (κ2) is 7.11. The number of rotatable bonds is 3. The van der Waals surface area contributed by atoms with E-state index in [1.54, 1.807) is 0 Å². The molecule has 0 spiro atoms. The summed E-state index contributed by atoms with van der Waals surface area (Å²) in [7, 11) is 0. The third-order valence-corrected chi connectivity index (χ3v) is 4.94. The smallest absolute Gasteiger partial charge is 0.315 e. The molecule has 0 bridgehead atoms. The maximum Gasteiger partial charge on any atom is 0.315 e. The van der Waals surface area contributed by atoms with E-state index in [4.69, 9.17) is 9.84 Å². The number of hydrogen-bond acceptors (Lipinski definition) is 3. The molecule has 1 saturated carbocycles. The third kappa shape index (κ3) is 3.80. The van der Waals surface area contributed by atoms with E-state index in [1.165, 1.54) is 0 Å². The molecule has 3 rings (SSSR count). The fourth-order valence-electron chi connectivity index (χ4n) is 3.58. The van der Waals surface area contributed by atoms with Crippen LogP contribution in [0.15, 0.2) is 18.2 Å². The molecule has 1 aliphatic heterocycles. The number of aryl methyl sites for hydroxylation is 1. The van der Waals surface area contributed by atoms with Crippen LogP contribution in [0.5, 0.6) is 5.75 Å². The molecule has 0 radical (unpaired) electrons. The molecule has 1 aromatic rings. The molecule has 0 saturated heterocycles. The van der Waals surface area contributed by atoms with Crippen LogP contribution in [0.3, 0.4) is 0 Å². The Labute approximate surface area is 141 Å². The van der Waals surface area contributed by atoms with E-state index in [0.717, 1.165) is 23.3 Å². The number of para-hydroxylation sites is 1. The number of aliphatic carboxylic acids is 1. The van der Waals surface area contributed by atoms with Crippen LogP contribution < -0.4 is 15.4 Å².